The van der Waals surface area contributed by atoms with Crippen LogP contribution in [0.15, 0.2) is 30.5 Å². The maximum absolute atomic E-state index is 17.0. The molecule has 1 aliphatic heterocycles. The molecule has 3 aliphatic rings. The van der Waals surface area contributed by atoms with E-state index in [1.807, 2.05) is 13.8 Å². The van der Waals surface area contributed by atoms with Crippen LogP contribution >= 0.6 is 0 Å². The molecule has 2 radical (unpaired) electrons. The summed E-state index contributed by atoms with van der Waals surface area (Å²) in [6.45, 7) is 7.02. The highest BCUT2D eigenvalue weighted by Crippen LogP contribution is 2.55. The highest BCUT2D eigenvalue weighted by molar-refractivity contribution is 6.35. The van der Waals surface area contributed by atoms with Gasteiger partial charge in [-0.05, 0) is 87.3 Å². The molecule has 3 heterocycles. The van der Waals surface area contributed by atoms with Gasteiger partial charge in [-0.15, -0.1) is 6.42 Å². The maximum atomic E-state index is 17.0. The predicted molar refractivity (Wildman–Crippen MR) is 192 cm³/mol. The number of terminal acetylenes is 1. The van der Waals surface area contributed by atoms with Crippen LogP contribution in [0.2, 0.25) is 12.1 Å². The summed E-state index contributed by atoms with van der Waals surface area (Å²) in [6.07, 6.45) is 12.5. The topological polar surface area (TPSA) is 97.4 Å². The van der Waals surface area contributed by atoms with E-state index in [1.165, 1.54) is 30.5 Å². The lowest BCUT2D eigenvalue weighted by Gasteiger charge is -2.50. The van der Waals surface area contributed by atoms with E-state index in [0.29, 0.717) is 47.9 Å². The maximum Gasteiger partial charge on any atom is 0.319 e. The van der Waals surface area contributed by atoms with Gasteiger partial charge < -0.3 is 20.5 Å². The minimum atomic E-state index is -1.32. The number of nitrogens with two attached hydrogens (primary N) is 1. The van der Waals surface area contributed by atoms with Gasteiger partial charge in [-0.2, -0.15) is 9.97 Å². The van der Waals surface area contributed by atoms with E-state index in [4.69, 9.17) is 21.9 Å². The molecule has 0 spiro atoms. The zero-order valence-electron chi connectivity index (χ0n) is 28.9. The molecule has 2 saturated carbocycles. The van der Waals surface area contributed by atoms with Crippen LogP contribution in [-0.2, 0) is 0 Å². The van der Waals surface area contributed by atoms with Crippen LogP contribution in [0.3, 0.4) is 0 Å². The highest BCUT2D eigenvalue weighted by Gasteiger charge is 2.52. The van der Waals surface area contributed by atoms with Gasteiger partial charge in [0.1, 0.15) is 34.3 Å². The predicted octanol–water partition coefficient (Wildman–Crippen LogP) is 7.85. The number of benzene rings is 2. The monoisotopic (exact) mass is 699 g/mol. The molecule has 11 heteroatoms. The number of halogens is 3. The number of hydrogen-bond donors (Lipinski definition) is 2. The molecule has 262 valence electrons. The molecule has 0 amide bonds. The fourth-order valence-corrected chi connectivity index (χ4v) is 9.87. The van der Waals surface area contributed by atoms with E-state index in [-0.39, 0.29) is 63.5 Å². The van der Waals surface area contributed by atoms with Crippen LogP contribution in [-0.4, -0.2) is 61.0 Å². The molecule has 5 atom stereocenters. The van der Waals surface area contributed by atoms with Crippen molar-refractivity contribution in [2.75, 3.05) is 24.6 Å². The van der Waals surface area contributed by atoms with Gasteiger partial charge in [-0.3, -0.25) is 4.98 Å². The molecule has 7 nitrogen and oxygen atoms in total. The number of ether oxygens (including phenoxy) is 1. The van der Waals surface area contributed by atoms with Crippen molar-refractivity contribution in [1.82, 2.24) is 15.0 Å². The summed E-state index contributed by atoms with van der Waals surface area (Å²) >= 11 is 0. The first kappa shape index (κ1) is 34.6. The molecular weight excluding hydrogens is 656 g/mol. The van der Waals surface area contributed by atoms with Gasteiger partial charge >= 0.3 is 6.01 Å². The fraction of sp³-hybridized carbons (Fsp3) is 0.513. The van der Waals surface area contributed by atoms with E-state index < -0.39 is 17.3 Å². The summed E-state index contributed by atoms with van der Waals surface area (Å²) in [6, 6.07) is 7.48. The quantitative estimate of drug-likeness (QED) is 0.136. The van der Waals surface area contributed by atoms with E-state index in [1.54, 1.807) is 6.92 Å². The Labute approximate surface area is 294 Å². The first-order chi connectivity index (χ1) is 23.9. The molecule has 2 unspecified atom stereocenters. The van der Waals surface area contributed by atoms with Crippen LogP contribution in [0.4, 0.5) is 19.0 Å². The summed E-state index contributed by atoms with van der Waals surface area (Å²) in [5.41, 5.74) is 4.52. The van der Waals surface area contributed by atoms with Crippen LogP contribution in [0.25, 0.3) is 32.9 Å². The second-order valence-electron chi connectivity index (χ2n) is 15.2. The van der Waals surface area contributed by atoms with Gasteiger partial charge in [0.25, 0.3) is 0 Å². The van der Waals surface area contributed by atoms with Crippen molar-refractivity contribution in [3.05, 3.63) is 47.7 Å². The third-order valence-corrected chi connectivity index (χ3v) is 12.7. The van der Waals surface area contributed by atoms with Gasteiger partial charge in [-0.1, -0.05) is 37.4 Å². The van der Waals surface area contributed by atoms with Gasteiger partial charge in [-0.25, -0.2) is 13.2 Å². The molecule has 50 heavy (non-hydrogen) atoms. The highest BCUT2D eigenvalue weighted by atomic mass is 28.2. The number of aromatic hydroxyl groups is 1. The second kappa shape index (κ2) is 13.3. The number of alkyl halides is 1. The first-order valence-electron chi connectivity index (χ1n) is 17.7. The second-order valence-corrected chi connectivity index (χ2v) is 16.7. The van der Waals surface area contributed by atoms with Crippen molar-refractivity contribution < 1.29 is 23.0 Å². The number of rotatable bonds is 9. The van der Waals surface area contributed by atoms with E-state index in [2.05, 4.69) is 20.8 Å². The van der Waals surface area contributed by atoms with Crippen LogP contribution in [0.5, 0.6) is 11.8 Å². The summed E-state index contributed by atoms with van der Waals surface area (Å²) in [5, 5.41) is 11.7. The van der Waals surface area contributed by atoms with E-state index in [0.717, 1.165) is 53.7 Å². The van der Waals surface area contributed by atoms with E-state index in [9.17, 15) is 9.50 Å². The van der Waals surface area contributed by atoms with Crippen LogP contribution < -0.4 is 15.4 Å². The number of hydrogen-bond acceptors (Lipinski definition) is 7. The normalized spacial score (nSPS) is 25.9. The number of anilines is 1. The van der Waals surface area contributed by atoms with Crippen LogP contribution in [0.1, 0.15) is 64.9 Å². The molecule has 3 N–H and O–H groups in total. The summed E-state index contributed by atoms with van der Waals surface area (Å²) in [4.78, 5) is 16.1. The number of nitrogens with zero attached hydrogens (tertiary/aromatic N) is 4. The van der Waals surface area contributed by atoms with Gasteiger partial charge in [0, 0.05) is 51.2 Å². The van der Waals surface area contributed by atoms with Crippen molar-refractivity contribution in [3.8, 4) is 35.4 Å². The lowest BCUT2D eigenvalue weighted by Crippen LogP contribution is -2.50. The lowest BCUT2D eigenvalue weighted by molar-refractivity contribution is -0.0715. The standard InChI is InChI=1S/C39H44F3N5O2Si/c1-5-28-31(40)10-9-25-14-27(48)15-29(32(25)28)34-33(41)35-30(16-44-34)36(47(17-23(3)43)18-24-7-8-24)46-37(45-35)49-21-39-11-6-12-50-19-26(39)13-22(2)38(4,42)20-39/h1,9-10,14-16,22-24,26,48H,6-8,11-13,17-21,43H2,2-4H3/t22?,23-,26?,38-,39+/m1/s1. The zero-order chi connectivity index (χ0) is 35.4. The lowest BCUT2D eigenvalue weighted by atomic mass is 9.58. The van der Waals surface area contributed by atoms with Crippen molar-refractivity contribution >= 4 is 37.0 Å². The Morgan fingerprint density at radius 1 is 1.24 bits per heavy atom. The first-order valence-corrected chi connectivity index (χ1v) is 19.1. The minimum Gasteiger partial charge on any atom is -0.508 e. The average molecular weight is 700 g/mol. The summed E-state index contributed by atoms with van der Waals surface area (Å²) in [7, 11) is 0.845. The third-order valence-electron chi connectivity index (χ3n) is 11.2. The van der Waals surface area contributed by atoms with Crippen molar-refractivity contribution in [2.45, 2.75) is 83.1 Å². The molecular formula is C39H44F3N5O2Si. The average Bonchev–Trinajstić information content (AvgIpc) is 3.91. The molecule has 1 saturated heterocycles. The Hall–Kier alpha value is -3.88. The molecule has 2 aliphatic carbocycles. The Morgan fingerprint density at radius 2 is 2.04 bits per heavy atom. The summed E-state index contributed by atoms with van der Waals surface area (Å²) < 4.78 is 54.5. The Bertz CT molecular complexity index is 1980. The number of fused-ring (bicyclic) bond motifs is 3. The summed E-state index contributed by atoms with van der Waals surface area (Å²) in [5.74, 6) is 2.03. The molecule has 7 rings (SSSR count). The van der Waals surface area contributed by atoms with Crippen molar-refractivity contribution in [2.24, 2.45) is 28.9 Å². The Morgan fingerprint density at radius 3 is 2.78 bits per heavy atom. The number of phenols is 1. The SMILES string of the molecule is C#Cc1c(F)ccc2cc(O)cc(-c3ncc4c(N(CC5CC5)C[C@@H](C)N)nc(OC[C@@]56CCC[Si]CC5CC(C)[C@](C)(F)C6)nc4c3F)c12. The Balaban J connectivity index is 1.38. The van der Waals surface area contributed by atoms with Gasteiger partial charge in [0.2, 0.25) is 0 Å². The molecule has 2 aromatic heterocycles. The third kappa shape index (κ3) is 6.52. The van der Waals surface area contributed by atoms with Crippen LogP contribution in [0, 0.1) is 47.1 Å². The molecule has 3 fully saturated rings. The molecule has 4 aromatic rings. The van der Waals surface area contributed by atoms with Crippen molar-refractivity contribution in [3.63, 3.8) is 0 Å². The molecule has 2 aromatic carbocycles. The zero-order valence-corrected chi connectivity index (χ0v) is 29.9. The van der Waals surface area contributed by atoms with Crippen molar-refractivity contribution in [1.29, 1.82) is 0 Å². The number of phenolic OH excluding ortho intramolecular Hbond substituents is 1. The smallest absolute Gasteiger partial charge is 0.319 e. The van der Waals surface area contributed by atoms with Gasteiger partial charge in [0.05, 0.1) is 17.6 Å². The molecule has 0 bridgehead atoms. The fourth-order valence-electron chi connectivity index (χ4n) is 8.29. The minimum absolute atomic E-state index is 0.00384. The number of pyridine rings is 1. The Kier molecular flexibility index (Phi) is 9.22. The van der Waals surface area contributed by atoms with Gasteiger partial charge in [0.15, 0.2) is 5.82 Å². The largest absolute Gasteiger partial charge is 0.508 e. The van der Waals surface area contributed by atoms with E-state index >= 15 is 8.78 Å². The number of aromatic nitrogens is 3.